The number of benzene rings is 1. The van der Waals surface area contributed by atoms with Crippen molar-refractivity contribution in [2.24, 2.45) is 5.92 Å². The molecule has 0 radical (unpaired) electrons. The Labute approximate surface area is 129 Å². The summed E-state index contributed by atoms with van der Waals surface area (Å²) in [6, 6.07) is 3.47. The predicted molar refractivity (Wildman–Crippen MR) is 84.2 cm³/mol. The van der Waals surface area contributed by atoms with E-state index < -0.39 is 0 Å². The average molecular weight is 304 g/mol. The van der Waals surface area contributed by atoms with E-state index in [2.05, 4.69) is 0 Å². The Kier molecular flexibility index (Phi) is 4.99. The van der Waals surface area contributed by atoms with Gasteiger partial charge in [0.1, 0.15) is 5.76 Å². The Morgan fingerprint density at radius 1 is 1.09 bits per heavy atom. The zero-order chi connectivity index (χ0) is 16.1. The Morgan fingerprint density at radius 2 is 1.86 bits per heavy atom. The molecule has 0 heterocycles. The summed E-state index contributed by atoms with van der Waals surface area (Å²) >= 11 is 0. The van der Waals surface area contributed by atoms with Gasteiger partial charge >= 0.3 is 0 Å². The zero-order valence-corrected chi connectivity index (χ0v) is 12.9. The molecule has 1 aliphatic carbocycles. The van der Waals surface area contributed by atoms with Crippen molar-refractivity contribution in [2.45, 2.75) is 6.42 Å². The molecule has 2 rings (SSSR count). The molecule has 1 aromatic rings. The Balaban J connectivity index is 2.26. The van der Waals surface area contributed by atoms with Crippen LogP contribution in [-0.2, 0) is 4.74 Å². The molecule has 1 atom stereocenters. The van der Waals surface area contributed by atoms with Crippen molar-refractivity contribution >= 4 is 6.08 Å². The van der Waals surface area contributed by atoms with Crippen LogP contribution in [0.2, 0.25) is 0 Å². The molecular weight excluding hydrogens is 284 g/mol. The van der Waals surface area contributed by atoms with Crippen LogP contribution in [0.3, 0.4) is 0 Å². The largest absolute Gasteiger partial charge is 0.512 e. The lowest BCUT2D eigenvalue weighted by Gasteiger charge is -2.15. The number of aliphatic hydroxyl groups excluding tert-OH is 1. The molecule has 0 saturated heterocycles. The van der Waals surface area contributed by atoms with Crippen molar-refractivity contribution < 1.29 is 24.4 Å². The zero-order valence-electron chi connectivity index (χ0n) is 12.9. The normalized spacial score (nSPS) is 17.9. The summed E-state index contributed by atoms with van der Waals surface area (Å²) in [5.41, 5.74) is 0.724. The molecule has 0 aliphatic heterocycles. The van der Waals surface area contributed by atoms with Crippen LogP contribution in [0.4, 0.5) is 0 Å². The number of phenolic OH excluding ortho intramolecular Hbond substituents is 1. The van der Waals surface area contributed by atoms with E-state index in [0.717, 1.165) is 5.56 Å². The number of methoxy groups -OCH3 is 3. The third-order valence-electron chi connectivity index (χ3n) is 3.44. The quantitative estimate of drug-likeness (QED) is 0.872. The number of allylic oxidation sites excluding steroid dienone is 4. The summed E-state index contributed by atoms with van der Waals surface area (Å²) in [4.78, 5) is 0. The van der Waals surface area contributed by atoms with Gasteiger partial charge in [0.05, 0.1) is 27.1 Å². The van der Waals surface area contributed by atoms with Crippen LogP contribution < -0.4 is 9.47 Å². The van der Waals surface area contributed by atoms with E-state index >= 15 is 0 Å². The van der Waals surface area contributed by atoms with Crippen LogP contribution in [0.5, 0.6) is 17.2 Å². The van der Waals surface area contributed by atoms with Gasteiger partial charge in [0.2, 0.25) is 5.75 Å². The van der Waals surface area contributed by atoms with Gasteiger partial charge in [-0.3, -0.25) is 0 Å². The number of aliphatic hydroxyl groups is 1. The summed E-state index contributed by atoms with van der Waals surface area (Å²) in [7, 11) is 4.54. The van der Waals surface area contributed by atoms with Crippen molar-refractivity contribution in [3.63, 3.8) is 0 Å². The molecule has 0 bridgehead atoms. The van der Waals surface area contributed by atoms with Gasteiger partial charge < -0.3 is 24.4 Å². The first kappa shape index (κ1) is 15.8. The van der Waals surface area contributed by atoms with Crippen LogP contribution >= 0.6 is 0 Å². The predicted octanol–water partition coefficient (Wildman–Crippen LogP) is 3.41. The molecule has 22 heavy (non-hydrogen) atoms. The van der Waals surface area contributed by atoms with Gasteiger partial charge in [-0.25, -0.2) is 0 Å². The van der Waals surface area contributed by atoms with Gasteiger partial charge in [0, 0.05) is 24.0 Å². The third-order valence-corrected chi connectivity index (χ3v) is 3.44. The molecule has 5 nitrogen and oxygen atoms in total. The number of rotatable bonds is 5. The SMILES string of the molecule is COC1=C[C@@H](C=Cc2ccc(OC)c(O)c2OC)CC(O)=C1. The second-order valence-electron chi connectivity index (χ2n) is 4.87. The minimum atomic E-state index is -0.0355. The highest BCUT2D eigenvalue weighted by Crippen LogP contribution is 2.39. The molecule has 0 fully saturated rings. The van der Waals surface area contributed by atoms with Crippen molar-refractivity contribution in [1.29, 1.82) is 0 Å². The lowest BCUT2D eigenvalue weighted by Crippen LogP contribution is -2.03. The van der Waals surface area contributed by atoms with E-state index in [4.69, 9.17) is 14.2 Å². The molecule has 0 unspecified atom stereocenters. The second kappa shape index (κ2) is 6.93. The topological polar surface area (TPSA) is 68.2 Å². The minimum Gasteiger partial charge on any atom is -0.512 e. The van der Waals surface area contributed by atoms with Crippen LogP contribution in [0.1, 0.15) is 12.0 Å². The van der Waals surface area contributed by atoms with Crippen molar-refractivity contribution in [1.82, 2.24) is 0 Å². The van der Waals surface area contributed by atoms with Gasteiger partial charge in [0.25, 0.3) is 0 Å². The molecule has 118 valence electrons. The van der Waals surface area contributed by atoms with Gasteiger partial charge in [-0.05, 0) is 18.2 Å². The molecule has 5 heteroatoms. The first-order valence-electron chi connectivity index (χ1n) is 6.86. The second-order valence-corrected chi connectivity index (χ2v) is 4.87. The van der Waals surface area contributed by atoms with E-state index in [9.17, 15) is 10.2 Å². The number of hydrogen-bond donors (Lipinski definition) is 2. The summed E-state index contributed by atoms with van der Waals surface area (Å²) in [5.74, 6) is 1.58. The Morgan fingerprint density at radius 3 is 2.50 bits per heavy atom. The fourth-order valence-corrected chi connectivity index (χ4v) is 2.34. The van der Waals surface area contributed by atoms with Gasteiger partial charge in [-0.1, -0.05) is 12.2 Å². The maximum absolute atomic E-state index is 10.1. The van der Waals surface area contributed by atoms with Gasteiger partial charge in [-0.15, -0.1) is 0 Å². The number of ether oxygens (including phenoxy) is 3. The molecule has 2 N–H and O–H groups in total. The fourth-order valence-electron chi connectivity index (χ4n) is 2.34. The first-order valence-corrected chi connectivity index (χ1v) is 6.86. The maximum atomic E-state index is 10.1. The maximum Gasteiger partial charge on any atom is 0.201 e. The molecule has 1 aromatic carbocycles. The monoisotopic (exact) mass is 304 g/mol. The van der Waals surface area contributed by atoms with Crippen LogP contribution in [0, 0.1) is 5.92 Å². The summed E-state index contributed by atoms with van der Waals surface area (Å²) in [6.07, 6.45) is 7.79. The summed E-state index contributed by atoms with van der Waals surface area (Å²) in [6.45, 7) is 0. The lowest BCUT2D eigenvalue weighted by molar-refractivity contribution is 0.287. The smallest absolute Gasteiger partial charge is 0.201 e. The Bertz CT molecular complexity index is 628. The van der Waals surface area contributed by atoms with Crippen molar-refractivity contribution in [3.05, 3.63) is 47.4 Å². The van der Waals surface area contributed by atoms with E-state index in [1.807, 2.05) is 18.2 Å². The van der Waals surface area contributed by atoms with Crippen molar-refractivity contribution in [2.75, 3.05) is 21.3 Å². The fraction of sp³-hybridized carbons (Fsp3) is 0.294. The molecule has 1 aliphatic rings. The Hall–Kier alpha value is -2.56. The number of aromatic hydroxyl groups is 1. The lowest BCUT2D eigenvalue weighted by atomic mass is 9.97. The molecular formula is C17H20O5. The molecule has 0 spiro atoms. The third kappa shape index (κ3) is 3.36. The van der Waals surface area contributed by atoms with Crippen molar-refractivity contribution in [3.8, 4) is 17.2 Å². The number of phenols is 1. The average Bonchev–Trinajstić information content (AvgIpc) is 2.52. The minimum absolute atomic E-state index is 0.00824. The summed E-state index contributed by atoms with van der Waals surface area (Å²) < 4.78 is 15.4. The van der Waals surface area contributed by atoms with E-state index in [-0.39, 0.29) is 17.4 Å². The van der Waals surface area contributed by atoms with E-state index in [1.54, 1.807) is 25.3 Å². The highest BCUT2D eigenvalue weighted by atomic mass is 16.5. The molecule has 0 aromatic heterocycles. The standard InChI is InChI=1S/C17H20O5/c1-20-14-9-11(8-13(18)10-14)4-5-12-6-7-15(21-2)16(19)17(12)22-3/h4-7,9-11,18-19H,8H2,1-3H3/t11-/m0/s1. The van der Waals surface area contributed by atoms with Crippen LogP contribution in [-0.4, -0.2) is 31.5 Å². The highest BCUT2D eigenvalue weighted by molar-refractivity contribution is 5.66. The van der Waals surface area contributed by atoms with E-state index in [0.29, 0.717) is 23.7 Å². The van der Waals surface area contributed by atoms with Gasteiger partial charge in [-0.2, -0.15) is 0 Å². The van der Waals surface area contributed by atoms with Crippen LogP contribution in [0.25, 0.3) is 6.08 Å². The summed E-state index contributed by atoms with van der Waals surface area (Å²) in [5, 5.41) is 19.8. The van der Waals surface area contributed by atoms with E-state index in [1.165, 1.54) is 14.2 Å². The molecule has 0 saturated carbocycles. The first-order chi connectivity index (χ1) is 10.6. The highest BCUT2D eigenvalue weighted by Gasteiger charge is 2.15. The molecule has 0 amide bonds. The number of hydrogen-bond acceptors (Lipinski definition) is 5. The van der Waals surface area contributed by atoms with Gasteiger partial charge in [0.15, 0.2) is 11.5 Å². The van der Waals surface area contributed by atoms with Crippen LogP contribution in [0.15, 0.2) is 41.9 Å².